The van der Waals surface area contributed by atoms with Gasteiger partial charge in [-0.25, -0.2) is 4.98 Å². The molecule has 0 atom stereocenters. The van der Waals surface area contributed by atoms with Crippen molar-refractivity contribution in [2.75, 3.05) is 25.1 Å². The maximum absolute atomic E-state index is 13.1. The van der Waals surface area contributed by atoms with Crippen LogP contribution in [0.2, 0.25) is 0 Å². The zero-order chi connectivity index (χ0) is 25.5. The standard InChI is InChI=1S/C29H37N3O4/c1-5-34-25-17-20(18-26(35-6-2)28(25)36-7-3)29(33)31-22-14-12-21(13-15-22)30-27-16-19(4)23-10-8-9-11-24(23)32-27/h8-11,16-18,21-22H,5-7,12-15H2,1-4H3,(H,30,32)(H,31,33). The van der Waals surface area contributed by atoms with E-state index in [1.807, 2.05) is 32.9 Å². The topological polar surface area (TPSA) is 81.7 Å². The van der Waals surface area contributed by atoms with Gasteiger partial charge in [0, 0.05) is 23.0 Å². The highest BCUT2D eigenvalue weighted by Gasteiger charge is 2.25. The van der Waals surface area contributed by atoms with Crippen LogP contribution in [0.5, 0.6) is 17.2 Å². The maximum atomic E-state index is 13.1. The van der Waals surface area contributed by atoms with Crippen molar-refractivity contribution in [3.8, 4) is 17.2 Å². The molecule has 3 aromatic rings. The van der Waals surface area contributed by atoms with E-state index >= 15 is 0 Å². The monoisotopic (exact) mass is 491 g/mol. The predicted octanol–water partition coefficient (Wildman–Crippen LogP) is 5.89. The summed E-state index contributed by atoms with van der Waals surface area (Å²) >= 11 is 0. The molecule has 1 aliphatic rings. The number of aromatic nitrogens is 1. The largest absolute Gasteiger partial charge is 0.490 e. The highest BCUT2D eigenvalue weighted by atomic mass is 16.5. The van der Waals surface area contributed by atoms with Crippen molar-refractivity contribution in [3.05, 3.63) is 53.6 Å². The minimum absolute atomic E-state index is 0.122. The summed E-state index contributed by atoms with van der Waals surface area (Å²) in [6.45, 7) is 9.27. The predicted molar refractivity (Wildman–Crippen MR) is 144 cm³/mol. The molecule has 192 valence electrons. The van der Waals surface area contributed by atoms with Crippen molar-refractivity contribution in [1.82, 2.24) is 10.3 Å². The average Bonchev–Trinajstić information content (AvgIpc) is 2.87. The summed E-state index contributed by atoms with van der Waals surface area (Å²) in [7, 11) is 0. The molecule has 36 heavy (non-hydrogen) atoms. The van der Waals surface area contributed by atoms with Crippen molar-refractivity contribution >= 4 is 22.6 Å². The van der Waals surface area contributed by atoms with Gasteiger partial charge < -0.3 is 24.8 Å². The second-order valence-corrected chi connectivity index (χ2v) is 9.11. The summed E-state index contributed by atoms with van der Waals surface area (Å²) in [4.78, 5) is 17.9. The van der Waals surface area contributed by atoms with Crippen molar-refractivity contribution in [1.29, 1.82) is 0 Å². The second-order valence-electron chi connectivity index (χ2n) is 9.11. The lowest BCUT2D eigenvalue weighted by molar-refractivity contribution is 0.0925. The van der Waals surface area contributed by atoms with E-state index < -0.39 is 0 Å². The molecule has 1 amide bonds. The van der Waals surface area contributed by atoms with Crippen LogP contribution < -0.4 is 24.8 Å². The van der Waals surface area contributed by atoms with Crippen LogP contribution in [-0.4, -0.2) is 42.8 Å². The Morgan fingerprint density at radius 1 is 0.889 bits per heavy atom. The molecule has 7 heteroatoms. The third-order valence-corrected chi connectivity index (χ3v) is 6.51. The normalized spacial score (nSPS) is 17.4. The Morgan fingerprint density at radius 2 is 1.50 bits per heavy atom. The van der Waals surface area contributed by atoms with Crippen LogP contribution in [0.1, 0.15) is 62.4 Å². The van der Waals surface area contributed by atoms with Gasteiger partial charge in [-0.2, -0.15) is 0 Å². The molecule has 1 aromatic heterocycles. The smallest absolute Gasteiger partial charge is 0.251 e. The third kappa shape index (κ3) is 6.01. The quantitative estimate of drug-likeness (QED) is 0.368. The molecule has 4 rings (SSSR count). The first-order chi connectivity index (χ1) is 17.5. The third-order valence-electron chi connectivity index (χ3n) is 6.51. The van der Waals surface area contributed by atoms with Crippen LogP contribution >= 0.6 is 0 Å². The maximum Gasteiger partial charge on any atom is 0.251 e. The Balaban J connectivity index is 1.38. The van der Waals surface area contributed by atoms with E-state index in [9.17, 15) is 4.79 Å². The van der Waals surface area contributed by atoms with E-state index in [1.165, 1.54) is 10.9 Å². The fourth-order valence-electron chi connectivity index (χ4n) is 4.80. The van der Waals surface area contributed by atoms with E-state index in [1.54, 1.807) is 12.1 Å². The summed E-state index contributed by atoms with van der Waals surface area (Å²) < 4.78 is 17.3. The summed E-state index contributed by atoms with van der Waals surface area (Å²) in [6.07, 6.45) is 3.75. The van der Waals surface area contributed by atoms with Crippen LogP contribution in [0.4, 0.5) is 5.82 Å². The van der Waals surface area contributed by atoms with Crippen molar-refractivity contribution in [2.45, 2.75) is 65.5 Å². The summed E-state index contributed by atoms with van der Waals surface area (Å²) in [5.74, 6) is 2.40. The minimum atomic E-state index is -0.122. The molecule has 0 radical (unpaired) electrons. The first kappa shape index (κ1) is 25.6. The Hall–Kier alpha value is -3.48. The molecule has 0 saturated heterocycles. The van der Waals surface area contributed by atoms with Crippen LogP contribution in [0.25, 0.3) is 10.9 Å². The minimum Gasteiger partial charge on any atom is -0.490 e. The molecule has 2 N–H and O–H groups in total. The zero-order valence-corrected chi connectivity index (χ0v) is 21.7. The number of hydrogen-bond donors (Lipinski definition) is 2. The van der Waals surface area contributed by atoms with E-state index in [0.29, 0.717) is 48.7 Å². The van der Waals surface area contributed by atoms with E-state index in [4.69, 9.17) is 19.2 Å². The fraction of sp³-hybridized carbons (Fsp3) is 0.448. The van der Waals surface area contributed by atoms with Crippen LogP contribution in [0, 0.1) is 6.92 Å². The number of pyridine rings is 1. The Bertz CT molecular complexity index is 1160. The number of rotatable bonds is 10. The van der Waals surface area contributed by atoms with Crippen molar-refractivity contribution in [2.24, 2.45) is 0 Å². The number of nitrogens with one attached hydrogen (secondary N) is 2. The first-order valence-corrected chi connectivity index (χ1v) is 13.0. The van der Waals surface area contributed by atoms with Gasteiger partial charge in [0.1, 0.15) is 5.82 Å². The highest BCUT2D eigenvalue weighted by Crippen LogP contribution is 2.39. The summed E-state index contributed by atoms with van der Waals surface area (Å²) in [5.41, 5.74) is 2.74. The number of fused-ring (bicyclic) bond motifs is 1. The molecule has 1 heterocycles. The van der Waals surface area contributed by atoms with E-state index in [2.05, 4.69) is 35.8 Å². The Labute approximate surface area is 213 Å². The number of benzene rings is 2. The highest BCUT2D eigenvalue weighted by molar-refractivity contribution is 5.95. The van der Waals surface area contributed by atoms with Gasteiger partial charge >= 0.3 is 0 Å². The number of carbonyl (C=O) groups is 1. The molecule has 0 bridgehead atoms. The van der Waals surface area contributed by atoms with E-state index in [-0.39, 0.29) is 11.9 Å². The average molecular weight is 492 g/mol. The van der Waals surface area contributed by atoms with Crippen LogP contribution in [0.3, 0.4) is 0 Å². The van der Waals surface area contributed by atoms with Gasteiger partial charge in [-0.3, -0.25) is 4.79 Å². The van der Waals surface area contributed by atoms with Crippen molar-refractivity contribution < 1.29 is 19.0 Å². The second kappa shape index (κ2) is 12.0. The summed E-state index contributed by atoms with van der Waals surface area (Å²) in [5, 5.41) is 8.00. The number of aryl methyl sites for hydroxylation is 1. The number of para-hydroxylation sites is 1. The lowest BCUT2D eigenvalue weighted by Crippen LogP contribution is -2.40. The number of amides is 1. The number of nitrogens with zero attached hydrogens (tertiary/aromatic N) is 1. The van der Waals surface area contributed by atoms with Gasteiger partial charge in [0.05, 0.1) is 25.3 Å². The Kier molecular flexibility index (Phi) is 8.52. The van der Waals surface area contributed by atoms with Gasteiger partial charge in [-0.15, -0.1) is 0 Å². The molecular weight excluding hydrogens is 454 g/mol. The van der Waals surface area contributed by atoms with Gasteiger partial charge in [0.25, 0.3) is 5.91 Å². The molecule has 1 saturated carbocycles. The molecule has 7 nitrogen and oxygen atoms in total. The number of hydrogen-bond acceptors (Lipinski definition) is 6. The summed E-state index contributed by atoms with van der Waals surface area (Å²) in [6, 6.07) is 14.3. The lowest BCUT2D eigenvalue weighted by Gasteiger charge is -2.30. The fourth-order valence-corrected chi connectivity index (χ4v) is 4.80. The number of carbonyl (C=O) groups excluding carboxylic acids is 1. The van der Waals surface area contributed by atoms with Crippen LogP contribution in [0.15, 0.2) is 42.5 Å². The SMILES string of the molecule is CCOc1cc(C(=O)NC2CCC(Nc3cc(C)c4ccccc4n3)CC2)cc(OCC)c1OCC. The Morgan fingerprint density at radius 3 is 2.14 bits per heavy atom. The number of anilines is 1. The number of ether oxygens (including phenoxy) is 3. The van der Waals surface area contributed by atoms with Crippen LogP contribution in [-0.2, 0) is 0 Å². The van der Waals surface area contributed by atoms with E-state index in [0.717, 1.165) is 37.0 Å². The van der Waals surface area contributed by atoms with Crippen molar-refractivity contribution in [3.63, 3.8) is 0 Å². The lowest BCUT2D eigenvalue weighted by atomic mass is 9.91. The molecule has 1 fully saturated rings. The zero-order valence-electron chi connectivity index (χ0n) is 21.7. The molecule has 0 unspecified atom stereocenters. The van der Waals surface area contributed by atoms with Gasteiger partial charge in [-0.1, -0.05) is 18.2 Å². The molecule has 0 spiro atoms. The molecular formula is C29H37N3O4. The molecule has 1 aliphatic carbocycles. The van der Waals surface area contributed by atoms with Gasteiger partial charge in [-0.05, 0) is 83.2 Å². The first-order valence-electron chi connectivity index (χ1n) is 13.0. The van der Waals surface area contributed by atoms with Gasteiger partial charge in [0.15, 0.2) is 11.5 Å². The van der Waals surface area contributed by atoms with Gasteiger partial charge in [0.2, 0.25) is 5.75 Å². The molecule has 2 aromatic carbocycles. The molecule has 0 aliphatic heterocycles.